The van der Waals surface area contributed by atoms with Gasteiger partial charge in [-0.05, 0) is 44.9 Å². The van der Waals surface area contributed by atoms with Crippen LogP contribution in [0.3, 0.4) is 0 Å². The molecule has 3 unspecified atom stereocenters. The lowest BCUT2D eigenvalue weighted by atomic mass is 9.85. The van der Waals surface area contributed by atoms with E-state index < -0.39 is 0 Å². The van der Waals surface area contributed by atoms with Crippen LogP contribution in [0, 0.1) is 11.8 Å². The molecule has 2 aliphatic carbocycles. The second kappa shape index (κ2) is 3.50. The van der Waals surface area contributed by atoms with Gasteiger partial charge in [0.15, 0.2) is 0 Å². The summed E-state index contributed by atoms with van der Waals surface area (Å²) < 4.78 is 0. The Kier molecular flexibility index (Phi) is 2.26. The van der Waals surface area contributed by atoms with Crippen molar-refractivity contribution in [3.8, 4) is 0 Å². The maximum atomic E-state index is 12.2. The first-order chi connectivity index (χ1) is 7.27. The number of fused-ring (bicyclic) bond motifs is 1. The molecule has 0 radical (unpaired) electrons. The lowest BCUT2D eigenvalue weighted by Gasteiger charge is -2.33. The molecule has 84 valence electrons. The van der Waals surface area contributed by atoms with E-state index >= 15 is 0 Å². The van der Waals surface area contributed by atoms with Gasteiger partial charge in [0.1, 0.15) is 0 Å². The standard InChI is InChI=1S/C13H21NO/c1-9-8-11-4-2-3-5-12(11)14(9)13(15)10-6-7-10/h9-12H,2-8H2,1H3. The van der Waals surface area contributed by atoms with Crippen LogP contribution in [0.1, 0.15) is 51.9 Å². The average Bonchev–Trinajstić information content (AvgIpc) is 3.00. The van der Waals surface area contributed by atoms with Crippen molar-refractivity contribution in [3.05, 3.63) is 0 Å². The molecule has 1 aliphatic heterocycles. The fourth-order valence-electron chi connectivity index (χ4n) is 3.63. The number of carbonyl (C=O) groups is 1. The SMILES string of the molecule is CC1CC2CCCCC2N1C(=O)C1CC1. The van der Waals surface area contributed by atoms with E-state index in [0.29, 0.717) is 23.9 Å². The van der Waals surface area contributed by atoms with Crippen LogP contribution in [0.25, 0.3) is 0 Å². The van der Waals surface area contributed by atoms with Crippen LogP contribution in [0.15, 0.2) is 0 Å². The summed E-state index contributed by atoms with van der Waals surface area (Å²) in [5.41, 5.74) is 0. The number of rotatable bonds is 1. The molecule has 2 nitrogen and oxygen atoms in total. The lowest BCUT2D eigenvalue weighted by Crippen LogP contribution is -2.43. The van der Waals surface area contributed by atoms with Crippen LogP contribution in [0.5, 0.6) is 0 Å². The number of hydrogen-bond acceptors (Lipinski definition) is 1. The summed E-state index contributed by atoms with van der Waals surface area (Å²) >= 11 is 0. The van der Waals surface area contributed by atoms with Crippen molar-refractivity contribution in [1.82, 2.24) is 4.90 Å². The summed E-state index contributed by atoms with van der Waals surface area (Å²) in [4.78, 5) is 14.5. The van der Waals surface area contributed by atoms with Crippen molar-refractivity contribution in [2.75, 3.05) is 0 Å². The van der Waals surface area contributed by atoms with E-state index in [9.17, 15) is 4.79 Å². The molecule has 1 heterocycles. The third-order valence-electron chi connectivity index (χ3n) is 4.53. The molecule has 3 rings (SSSR count). The first kappa shape index (κ1) is 9.68. The first-order valence-electron chi connectivity index (χ1n) is 6.59. The molecule has 3 fully saturated rings. The minimum absolute atomic E-state index is 0.410. The molecule has 3 aliphatic rings. The summed E-state index contributed by atoms with van der Waals surface area (Å²) in [6, 6.07) is 1.13. The summed E-state index contributed by atoms with van der Waals surface area (Å²) in [7, 11) is 0. The van der Waals surface area contributed by atoms with Gasteiger partial charge >= 0.3 is 0 Å². The molecule has 1 amide bonds. The molecule has 0 aromatic carbocycles. The van der Waals surface area contributed by atoms with Crippen molar-refractivity contribution in [2.24, 2.45) is 11.8 Å². The predicted molar refractivity (Wildman–Crippen MR) is 59.4 cm³/mol. The number of hydrogen-bond donors (Lipinski definition) is 0. The lowest BCUT2D eigenvalue weighted by molar-refractivity contribution is -0.135. The molecule has 0 N–H and O–H groups in total. The van der Waals surface area contributed by atoms with Crippen molar-refractivity contribution in [3.63, 3.8) is 0 Å². The second-order valence-corrected chi connectivity index (χ2v) is 5.72. The van der Waals surface area contributed by atoms with Crippen LogP contribution in [0.2, 0.25) is 0 Å². The Balaban J connectivity index is 1.77. The average molecular weight is 207 g/mol. The molecule has 15 heavy (non-hydrogen) atoms. The normalized spacial score (nSPS) is 40.3. The molecular weight excluding hydrogens is 186 g/mol. The van der Waals surface area contributed by atoms with Gasteiger partial charge in [-0.1, -0.05) is 12.8 Å². The Morgan fingerprint density at radius 3 is 2.60 bits per heavy atom. The molecule has 2 saturated carbocycles. The van der Waals surface area contributed by atoms with Crippen LogP contribution in [-0.2, 0) is 4.79 Å². The zero-order chi connectivity index (χ0) is 10.4. The van der Waals surface area contributed by atoms with Crippen LogP contribution in [0.4, 0.5) is 0 Å². The van der Waals surface area contributed by atoms with E-state index in [4.69, 9.17) is 0 Å². The first-order valence-corrected chi connectivity index (χ1v) is 6.59. The minimum atomic E-state index is 0.410. The van der Waals surface area contributed by atoms with Gasteiger partial charge in [-0.25, -0.2) is 0 Å². The number of amides is 1. The van der Waals surface area contributed by atoms with Crippen LogP contribution in [-0.4, -0.2) is 22.9 Å². The van der Waals surface area contributed by atoms with Gasteiger partial charge in [0, 0.05) is 18.0 Å². The molecule has 1 saturated heterocycles. The highest BCUT2D eigenvalue weighted by atomic mass is 16.2. The quantitative estimate of drug-likeness (QED) is 0.647. The smallest absolute Gasteiger partial charge is 0.226 e. The summed E-state index contributed by atoms with van der Waals surface area (Å²) in [6.45, 7) is 2.25. The molecular formula is C13H21NO. The van der Waals surface area contributed by atoms with Crippen molar-refractivity contribution < 1.29 is 4.79 Å². The van der Waals surface area contributed by atoms with Gasteiger partial charge in [0.25, 0.3) is 0 Å². The van der Waals surface area contributed by atoms with Crippen molar-refractivity contribution in [1.29, 1.82) is 0 Å². The zero-order valence-corrected chi connectivity index (χ0v) is 9.61. The Morgan fingerprint density at radius 1 is 1.13 bits per heavy atom. The topological polar surface area (TPSA) is 20.3 Å². The Morgan fingerprint density at radius 2 is 1.87 bits per heavy atom. The number of nitrogens with zero attached hydrogens (tertiary/aromatic N) is 1. The maximum Gasteiger partial charge on any atom is 0.226 e. The molecule has 0 aromatic rings. The summed E-state index contributed by atoms with van der Waals surface area (Å²) in [6.07, 6.45) is 8.93. The molecule has 2 heteroatoms. The highest BCUT2D eigenvalue weighted by molar-refractivity contribution is 5.82. The van der Waals surface area contributed by atoms with Gasteiger partial charge in [-0.15, -0.1) is 0 Å². The third kappa shape index (κ3) is 1.58. The Labute approximate surface area is 92.0 Å². The molecule has 3 atom stereocenters. The van der Waals surface area contributed by atoms with E-state index in [0.717, 1.165) is 18.8 Å². The fourth-order valence-corrected chi connectivity index (χ4v) is 3.63. The van der Waals surface area contributed by atoms with Gasteiger partial charge < -0.3 is 4.90 Å². The highest BCUT2D eigenvalue weighted by Gasteiger charge is 2.46. The van der Waals surface area contributed by atoms with Gasteiger partial charge in [0.05, 0.1) is 0 Å². The molecule has 0 spiro atoms. The van der Waals surface area contributed by atoms with Crippen LogP contribution >= 0.6 is 0 Å². The summed E-state index contributed by atoms with van der Waals surface area (Å²) in [5.74, 6) is 1.72. The molecule has 0 aromatic heterocycles. The van der Waals surface area contributed by atoms with Crippen LogP contribution < -0.4 is 0 Å². The second-order valence-electron chi connectivity index (χ2n) is 5.72. The molecule has 0 bridgehead atoms. The minimum Gasteiger partial charge on any atom is -0.336 e. The fraction of sp³-hybridized carbons (Fsp3) is 0.923. The van der Waals surface area contributed by atoms with Gasteiger partial charge in [0.2, 0.25) is 5.91 Å². The van der Waals surface area contributed by atoms with E-state index in [1.54, 1.807) is 0 Å². The zero-order valence-electron chi connectivity index (χ0n) is 9.61. The largest absolute Gasteiger partial charge is 0.336 e. The maximum absolute atomic E-state index is 12.2. The Bertz CT molecular complexity index is 272. The van der Waals surface area contributed by atoms with Crippen molar-refractivity contribution in [2.45, 2.75) is 64.0 Å². The number of likely N-dealkylation sites (tertiary alicyclic amines) is 1. The number of carbonyl (C=O) groups excluding carboxylic acids is 1. The van der Waals surface area contributed by atoms with Gasteiger partial charge in [-0.3, -0.25) is 4.79 Å². The van der Waals surface area contributed by atoms with E-state index in [2.05, 4.69) is 11.8 Å². The van der Waals surface area contributed by atoms with E-state index in [1.807, 2.05) is 0 Å². The highest BCUT2D eigenvalue weighted by Crippen LogP contribution is 2.42. The van der Waals surface area contributed by atoms with E-state index in [1.165, 1.54) is 32.1 Å². The van der Waals surface area contributed by atoms with Crippen molar-refractivity contribution >= 4 is 5.91 Å². The monoisotopic (exact) mass is 207 g/mol. The predicted octanol–water partition coefficient (Wildman–Crippen LogP) is 2.58. The summed E-state index contributed by atoms with van der Waals surface area (Å²) in [5, 5.41) is 0. The Hall–Kier alpha value is -0.530. The van der Waals surface area contributed by atoms with Gasteiger partial charge in [-0.2, -0.15) is 0 Å². The van der Waals surface area contributed by atoms with E-state index in [-0.39, 0.29) is 0 Å². The third-order valence-corrected chi connectivity index (χ3v) is 4.53.